The standard InChI is InChI=1S/C27H22N6O2/c34-26(32-24(18-5-2-1-3-6-18)19-10-13-28-14-11-19)21-17-30-33(25(21)20-8-9-20)27-29-15-12-22(31-27)23-7-4-16-35-23/h1-7,10-17,20,24H,8-9H2,(H,32,34)/t24-/m1/s1. The summed E-state index contributed by atoms with van der Waals surface area (Å²) in [6.45, 7) is 0. The van der Waals surface area contributed by atoms with Crippen LogP contribution in [0.3, 0.4) is 0 Å². The summed E-state index contributed by atoms with van der Waals surface area (Å²) in [4.78, 5) is 26.8. The van der Waals surface area contributed by atoms with E-state index in [4.69, 9.17) is 4.42 Å². The Morgan fingerprint density at radius 1 is 0.971 bits per heavy atom. The summed E-state index contributed by atoms with van der Waals surface area (Å²) < 4.78 is 7.17. The average molecular weight is 463 g/mol. The van der Waals surface area contributed by atoms with Crippen LogP contribution < -0.4 is 5.32 Å². The van der Waals surface area contributed by atoms with Crippen molar-refractivity contribution in [2.24, 2.45) is 0 Å². The second-order valence-electron chi connectivity index (χ2n) is 8.45. The van der Waals surface area contributed by atoms with E-state index >= 15 is 0 Å². The van der Waals surface area contributed by atoms with Crippen LogP contribution in [0.1, 0.15) is 52.0 Å². The molecule has 0 radical (unpaired) electrons. The van der Waals surface area contributed by atoms with Crippen LogP contribution >= 0.6 is 0 Å². The van der Waals surface area contributed by atoms with Crippen molar-refractivity contribution in [3.05, 3.63) is 114 Å². The highest BCUT2D eigenvalue weighted by Gasteiger charge is 2.34. The zero-order valence-corrected chi connectivity index (χ0v) is 18.8. The second-order valence-corrected chi connectivity index (χ2v) is 8.45. The molecular weight excluding hydrogens is 440 g/mol. The predicted molar refractivity (Wildman–Crippen MR) is 129 cm³/mol. The van der Waals surface area contributed by atoms with Crippen molar-refractivity contribution in [3.8, 4) is 17.4 Å². The lowest BCUT2D eigenvalue weighted by Crippen LogP contribution is -2.30. The van der Waals surface area contributed by atoms with Crippen LogP contribution in [0.25, 0.3) is 17.4 Å². The highest BCUT2D eigenvalue weighted by molar-refractivity contribution is 5.96. The summed E-state index contributed by atoms with van der Waals surface area (Å²) in [5, 5.41) is 7.75. The minimum atomic E-state index is -0.319. The topological polar surface area (TPSA) is 98.7 Å². The van der Waals surface area contributed by atoms with Crippen LogP contribution in [0.5, 0.6) is 0 Å². The van der Waals surface area contributed by atoms with E-state index in [-0.39, 0.29) is 17.9 Å². The maximum absolute atomic E-state index is 13.6. The smallest absolute Gasteiger partial charge is 0.255 e. The van der Waals surface area contributed by atoms with Gasteiger partial charge in [-0.05, 0) is 54.3 Å². The number of nitrogens with one attached hydrogen (secondary N) is 1. The van der Waals surface area contributed by atoms with E-state index in [1.807, 2.05) is 54.6 Å². The van der Waals surface area contributed by atoms with Gasteiger partial charge in [-0.25, -0.2) is 14.6 Å². The number of hydrogen-bond acceptors (Lipinski definition) is 6. The molecule has 1 atom stereocenters. The third-order valence-corrected chi connectivity index (χ3v) is 6.07. The molecule has 1 amide bonds. The number of amides is 1. The fourth-order valence-electron chi connectivity index (χ4n) is 4.22. The highest BCUT2D eigenvalue weighted by Crippen LogP contribution is 2.42. The molecule has 4 aromatic heterocycles. The van der Waals surface area contributed by atoms with Crippen molar-refractivity contribution < 1.29 is 9.21 Å². The first-order valence-electron chi connectivity index (χ1n) is 11.5. The molecule has 0 unspecified atom stereocenters. The molecule has 8 heteroatoms. The first-order chi connectivity index (χ1) is 17.3. The molecule has 1 aliphatic rings. The highest BCUT2D eigenvalue weighted by atomic mass is 16.3. The number of pyridine rings is 1. The quantitative estimate of drug-likeness (QED) is 0.376. The number of carbonyl (C=O) groups is 1. The van der Waals surface area contributed by atoms with Crippen molar-refractivity contribution >= 4 is 5.91 Å². The Bertz CT molecular complexity index is 1400. The molecule has 1 aromatic carbocycles. The Labute approximate surface area is 201 Å². The maximum Gasteiger partial charge on any atom is 0.255 e. The van der Waals surface area contributed by atoms with Gasteiger partial charge in [0.05, 0.1) is 29.8 Å². The summed E-state index contributed by atoms with van der Waals surface area (Å²) in [6.07, 6.45) is 10.3. The first kappa shape index (κ1) is 21.0. The fourth-order valence-corrected chi connectivity index (χ4v) is 4.22. The van der Waals surface area contributed by atoms with Gasteiger partial charge < -0.3 is 9.73 Å². The molecule has 1 fully saturated rings. The summed E-state index contributed by atoms with van der Waals surface area (Å²) in [5.74, 6) is 1.11. The molecule has 1 N–H and O–H groups in total. The van der Waals surface area contributed by atoms with Gasteiger partial charge in [0.2, 0.25) is 0 Å². The Balaban J connectivity index is 1.36. The van der Waals surface area contributed by atoms with Crippen LogP contribution in [0.15, 0.2) is 96.1 Å². The largest absolute Gasteiger partial charge is 0.463 e. The lowest BCUT2D eigenvalue weighted by atomic mass is 9.99. The molecule has 0 saturated heterocycles. The second kappa shape index (κ2) is 8.98. The molecule has 8 nitrogen and oxygen atoms in total. The van der Waals surface area contributed by atoms with E-state index in [9.17, 15) is 4.79 Å². The van der Waals surface area contributed by atoms with Gasteiger partial charge >= 0.3 is 0 Å². The molecule has 4 heterocycles. The van der Waals surface area contributed by atoms with E-state index in [2.05, 4.69) is 25.4 Å². The van der Waals surface area contributed by atoms with Crippen LogP contribution in [-0.2, 0) is 0 Å². The molecule has 1 saturated carbocycles. The average Bonchev–Trinajstić information content (AvgIpc) is 3.41. The van der Waals surface area contributed by atoms with E-state index < -0.39 is 0 Å². The van der Waals surface area contributed by atoms with Gasteiger partial charge in [0.1, 0.15) is 5.69 Å². The van der Waals surface area contributed by atoms with Crippen LogP contribution in [-0.4, -0.2) is 30.6 Å². The number of nitrogens with zero attached hydrogens (tertiary/aromatic N) is 5. The summed E-state index contributed by atoms with van der Waals surface area (Å²) in [6, 6.07) is 18.9. The van der Waals surface area contributed by atoms with Crippen molar-refractivity contribution in [2.45, 2.75) is 24.8 Å². The summed E-state index contributed by atoms with van der Waals surface area (Å²) in [7, 11) is 0. The molecular formula is C27H22N6O2. The SMILES string of the molecule is O=C(N[C@H](c1ccccc1)c1ccncc1)c1cnn(-c2nccc(-c3ccco3)n2)c1C1CC1. The predicted octanol–water partition coefficient (Wildman–Crippen LogP) is 4.71. The van der Waals surface area contributed by atoms with E-state index in [0.717, 1.165) is 29.7 Å². The third-order valence-electron chi connectivity index (χ3n) is 6.07. The van der Waals surface area contributed by atoms with Crippen molar-refractivity contribution in [2.75, 3.05) is 0 Å². The zero-order chi connectivity index (χ0) is 23.6. The van der Waals surface area contributed by atoms with Gasteiger partial charge in [0, 0.05) is 24.5 Å². The van der Waals surface area contributed by atoms with Gasteiger partial charge in [-0.15, -0.1) is 0 Å². The van der Waals surface area contributed by atoms with Gasteiger partial charge in [0.15, 0.2) is 5.76 Å². The van der Waals surface area contributed by atoms with Crippen LogP contribution in [0.2, 0.25) is 0 Å². The molecule has 0 aliphatic heterocycles. The molecule has 0 bridgehead atoms. The molecule has 0 spiro atoms. The molecule has 1 aliphatic carbocycles. The molecule has 35 heavy (non-hydrogen) atoms. The summed E-state index contributed by atoms with van der Waals surface area (Å²) in [5.41, 5.74) is 3.97. The number of aromatic nitrogens is 5. The summed E-state index contributed by atoms with van der Waals surface area (Å²) >= 11 is 0. The monoisotopic (exact) mass is 462 g/mol. The van der Waals surface area contributed by atoms with Gasteiger partial charge in [0.25, 0.3) is 11.9 Å². The minimum Gasteiger partial charge on any atom is -0.463 e. The van der Waals surface area contributed by atoms with E-state index in [1.165, 1.54) is 0 Å². The van der Waals surface area contributed by atoms with Gasteiger partial charge in [-0.2, -0.15) is 5.10 Å². The molecule has 6 rings (SSSR count). The first-order valence-corrected chi connectivity index (χ1v) is 11.5. The number of hydrogen-bond donors (Lipinski definition) is 1. The minimum absolute atomic E-state index is 0.189. The van der Waals surface area contributed by atoms with Crippen molar-refractivity contribution in [1.82, 2.24) is 30.0 Å². The Morgan fingerprint density at radius 3 is 2.51 bits per heavy atom. The van der Waals surface area contributed by atoms with Gasteiger partial charge in [-0.1, -0.05) is 30.3 Å². The van der Waals surface area contributed by atoms with Crippen molar-refractivity contribution in [3.63, 3.8) is 0 Å². The lowest BCUT2D eigenvalue weighted by molar-refractivity contribution is 0.0942. The van der Waals surface area contributed by atoms with Crippen LogP contribution in [0, 0.1) is 0 Å². The fraction of sp³-hybridized carbons (Fsp3) is 0.148. The molecule has 5 aromatic rings. The Morgan fingerprint density at radius 2 is 1.77 bits per heavy atom. The van der Waals surface area contributed by atoms with E-state index in [0.29, 0.717) is 23.0 Å². The number of benzene rings is 1. The third kappa shape index (κ3) is 4.21. The lowest BCUT2D eigenvalue weighted by Gasteiger charge is -2.20. The van der Waals surface area contributed by atoms with Crippen molar-refractivity contribution in [1.29, 1.82) is 0 Å². The van der Waals surface area contributed by atoms with Crippen LogP contribution in [0.4, 0.5) is 0 Å². The Kier molecular flexibility index (Phi) is 5.38. The normalized spacial score (nSPS) is 13.9. The number of carbonyl (C=O) groups excluding carboxylic acids is 1. The molecule has 172 valence electrons. The number of furan rings is 1. The Hall–Kier alpha value is -4.59. The van der Waals surface area contributed by atoms with E-state index in [1.54, 1.807) is 41.8 Å². The zero-order valence-electron chi connectivity index (χ0n) is 18.8. The number of rotatable bonds is 7. The maximum atomic E-state index is 13.6. The van der Waals surface area contributed by atoms with Gasteiger partial charge in [-0.3, -0.25) is 9.78 Å².